The molecule has 2 fully saturated rings. The number of carbonyl (C=O) groups is 1. The number of unbranched alkanes of at least 4 members (excludes halogenated alkanes) is 32. The van der Waals surface area contributed by atoms with Crippen LogP contribution in [0.15, 0.2) is 97.2 Å². The largest absolute Gasteiger partial charge is 0.394 e. The third-order valence-electron chi connectivity index (χ3n) is 17.2. The van der Waals surface area contributed by atoms with Crippen LogP contribution < -0.4 is 5.32 Å². The second-order valence-corrected chi connectivity index (χ2v) is 25.3. The molecule has 2 rings (SSSR count). The Morgan fingerprint density at radius 2 is 0.778 bits per heavy atom. The van der Waals surface area contributed by atoms with Gasteiger partial charge in [0.05, 0.1) is 32.0 Å². The van der Waals surface area contributed by atoms with Gasteiger partial charge in [0.15, 0.2) is 12.6 Å². The Labute approximate surface area is 547 Å². The molecule has 0 spiro atoms. The Hall–Kier alpha value is -3.09. The zero-order valence-electron chi connectivity index (χ0n) is 56.6. The Bertz CT molecular complexity index is 1880. The summed E-state index contributed by atoms with van der Waals surface area (Å²) in [6, 6.07) is -0.943. The van der Waals surface area contributed by atoms with E-state index in [0.717, 1.165) is 77.0 Å². The first-order valence-electron chi connectivity index (χ1n) is 36.5. The number of aliphatic hydroxyl groups excluding tert-OH is 8. The quantitative estimate of drug-likeness (QED) is 0.0204. The molecule has 12 atom stereocenters. The van der Waals surface area contributed by atoms with Crippen LogP contribution in [0.1, 0.15) is 284 Å². The molecule has 14 nitrogen and oxygen atoms in total. The monoisotopic (exact) mass is 1270 g/mol. The van der Waals surface area contributed by atoms with Crippen molar-refractivity contribution in [2.24, 2.45) is 0 Å². The number of allylic oxidation sites excluding steroid dienone is 15. The molecule has 90 heavy (non-hydrogen) atoms. The van der Waals surface area contributed by atoms with Gasteiger partial charge in [-0.15, -0.1) is 0 Å². The van der Waals surface area contributed by atoms with E-state index in [0.29, 0.717) is 12.8 Å². The fourth-order valence-electron chi connectivity index (χ4n) is 11.5. The Morgan fingerprint density at radius 3 is 1.22 bits per heavy atom. The maximum absolute atomic E-state index is 13.3. The third-order valence-corrected chi connectivity index (χ3v) is 17.2. The van der Waals surface area contributed by atoms with E-state index in [2.05, 4.69) is 104 Å². The first kappa shape index (κ1) is 83.0. The summed E-state index contributed by atoms with van der Waals surface area (Å²) in [4.78, 5) is 13.3. The van der Waals surface area contributed by atoms with E-state index in [1.165, 1.54) is 173 Å². The summed E-state index contributed by atoms with van der Waals surface area (Å²) in [6.07, 6.45) is 67.6. The molecule has 12 unspecified atom stereocenters. The molecule has 2 aliphatic rings. The average Bonchev–Trinajstić information content (AvgIpc) is 1.28. The fraction of sp³-hybridized carbons (Fsp3) is 0.776. The van der Waals surface area contributed by atoms with E-state index in [1.54, 1.807) is 6.08 Å². The zero-order valence-corrected chi connectivity index (χ0v) is 56.6. The summed E-state index contributed by atoms with van der Waals surface area (Å²) in [5, 5.41) is 87.4. The lowest BCUT2D eigenvalue weighted by Gasteiger charge is -2.46. The number of hydrogen-bond acceptors (Lipinski definition) is 13. The Morgan fingerprint density at radius 1 is 0.411 bits per heavy atom. The van der Waals surface area contributed by atoms with Crippen molar-refractivity contribution in [2.45, 2.75) is 357 Å². The molecule has 2 saturated heterocycles. The van der Waals surface area contributed by atoms with Gasteiger partial charge in [-0.3, -0.25) is 4.79 Å². The van der Waals surface area contributed by atoms with Gasteiger partial charge in [-0.1, -0.05) is 284 Å². The summed E-state index contributed by atoms with van der Waals surface area (Å²) in [7, 11) is 0. The highest BCUT2D eigenvalue weighted by Gasteiger charge is 2.51. The summed E-state index contributed by atoms with van der Waals surface area (Å²) in [5.41, 5.74) is 0. The second kappa shape index (κ2) is 59.6. The van der Waals surface area contributed by atoms with Crippen LogP contribution in [0, 0.1) is 0 Å². The van der Waals surface area contributed by atoms with Crippen LogP contribution in [0.25, 0.3) is 0 Å². The lowest BCUT2D eigenvalue weighted by Crippen LogP contribution is -2.65. The van der Waals surface area contributed by atoms with Gasteiger partial charge in [0.2, 0.25) is 5.91 Å². The molecule has 0 radical (unpaired) electrons. The molecule has 0 aromatic carbocycles. The summed E-state index contributed by atoms with van der Waals surface area (Å²) in [6.45, 7) is 2.68. The van der Waals surface area contributed by atoms with E-state index >= 15 is 0 Å². The van der Waals surface area contributed by atoms with Crippen LogP contribution in [0.3, 0.4) is 0 Å². The number of nitrogens with one attached hydrogen (secondary N) is 1. The van der Waals surface area contributed by atoms with Crippen molar-refractivity contribution in [3.63, 3.8) is 0 Å². The first-order valence-corrected chi connectivity index (χ1v) is 36.5. The molecule has 14 heteroatoms. The highest BCUT2D eigenvalue weighted by Crippen LogP contribution is 2.30. The molecule has 0 aromatic heterocycles. The van der Waals surface area contributed by atoms with Crippen LogP contribution in [0.4, 0.5) is 0 Å². The SMILES string of the molecule is CC/C=C\C/C=C\C/C=C\C/C=C\C/C=C\CCCCCCCCCCCCCCCCCCCCCC(=O)NC(COC1OC(CO)C(OC2OC(CO)C(O)C(O)C2O)C(O)C1O)C(O)/C=C/CC/C=C/CC/C=C/CCCCCCCCCCCCC. The summed E-state index contributed by atoms with van der Waals surface area (Å²) < 4.78 is 22.8. The van der Waals surface area contributed by atoms with Crippen LogP contribution >= 0.6 is 0 Å². The minimum absolute atomic E-state index is 0.252. The van der Waals surface area contributed by atoms with Crippen molar-refractivity contribution >= 4 is 5.91 Å². The van der Waals surface area contributed by atoms with Gasteiger partial charge in [-0.2, -0.15) is 0 Å². The lowest BCUT2D eigenvalue weighted by molar-refractivity contribution is -0.359. The Kier molecular flexibility index (Phi) is 55.0. The number of carbonyl (C=O) groups excluding carboxylic acids is 1. The topological polar surface area (TPSA) is 228 Å². The molecule has 2 heterocycles. The van der Waals surface area contributed by atoms with E-state index in [-0.39, 0.29) is 18.9 Å². The van der Waals surface area contributed by atoms with Crippen molar-refractivity contribution in [1.82, 2.24) is 5.32 Å². The van der Waals surface area contributed by atoms with Crippen molar-refractivity contribution in [3.8, 4) is 0 Å². The Balaban J connectivity index is 1.65. The molecular formula is C76H133NO13. The van der Waals surface area contributed by atoms with Crippen LogP contribution in [-0.4, -0.2) is 140 Å². The van der Waals surface area contributed by atoms with Crippen LogP contribution in [0.2, 0.25) is 0 Å². The molecule has 9 N–H and O–H groups in total. The van der Waals surface area contributed by atoms with Crippen molar-refractivity contribution in [2.75, 3.05) is 19.8 Å². The standard InChI is InChI=1S/C76H133NO13/c1-3-5-7-9-11-13-15-17-19-21-23-25-26-27-28-29-30-31-32-33-34-35-36-37-38-40-42-44-46-48-50-52-54-56-58-60-68(81)77-64(65(80)59-57-55-53-51-49-47-45-43-41-39-24-22-20-18-16-14-12-10-8-6-4-2)63-87-75-73(86)71(84)74(67(62-79)89-75)90-76-72(85)70(83)69(82)66(61-78)88-76/h5,7,11,13,17,19,23,25,27-28,41,43,49,51,57,59,64-67,69-76,78-80,82-86H,3-4,6,8-10,12,14-16,18,20-22,24,26,29-40,42,44-48,50,52-56,58,60-63H2,1-2H3,(H,77,81)/b7-5-,13-11-,19-17-,25-23-,28-27-,43-41+,51-49+,59-57+. The number of hydrogen-bond donors (Lipinski definition) is 9. The van der Waals surface area contributed by atoms with E-state index in [4.69, 9.17) is 18.9 Å². The maximum atomic E-state index is 13.3. The molecular weight excluding hydrogens is 1130 g/mol. The number of rotatable bonds is 59. The minimum Gasteiger partial charge on any atom is -0.394 e. The second-order valence-electron chi connectivity index (χ2n) is 25.3. The van der Waals surface area contributed by atoms with Crippen molar-refractivity contribution < 1.29 is 64.6 Å². The molecule has 0 aromatic rings. The minimum atomic E-state index is -1.80. The van der Waals surface area contributed by atoms with Gasteiger partial charge < -0.3 is 65.1 Å². The highest BCUT2D eigenvalue weighted by atomic mass is 16.7. The molecule has 2 aliphatic heterocycles. The average molecular weight is 1270 g/mol. The van der Waals surface area contributed by atoms with E-state index < -0.39 is 86.8 Å². The molecule has 520 valence electrons. The zero-order chi connectivity index (χ0) is 65.2. The highest BCUT2D eigenvalue weighted by molar-refractivity contribution is 5.76. The summed E-state index contributed by atoms with van der Waals surface area (Å²) in [5.74, 6) is -0.252. The normalized spacial score (nSPS) is 23.5. The fourth-order valence-corrected chi connectivity index (χ4v) is 11.5. The van der Waals surface area contributed by atoms with Gasteiger partial charge in [0.25, 0.3) is 0 Å². The maximum Gasteiger partial charge on any atom is 0.220 e. The number of ether oxygens (including phenoxy) is 4. The van der Waals surface area contributed by atoms with Crippen molar-refractivity contribution in [1.29, 1.82) is 0 Å². The van der Waals surface area contributed by atoms with Gasteiger partial charge >= 0.3 is 0 Å². The van der Waals surface area contributed by atoms with Gasteiger partial charge in [0, 0.05) is 6.42 Å². The smallest absolute Gasteiger partial charge is 0.220 e. The molecule has 0 aliphatic carbocycles. The molecule has 0 bridgehead atoms. The number of amides is 1. The molecule has 1 amide bonds. The summed E-state index contributed by atoms with van der Waals surface area (Å²) >= 11 is 0. The first-order chi connectivity index (χ1) is 44.1. The van der Waals surface area contributed by atoms with E-state index in [9.17, 15) is 45.6 Å². The van der Waals surface area contributed by atoms with Gasteiger partial charge in [-0.05, 0) is 89.9 Å². The lowest BCUT2D eigenvalue weighted by atomic mass is 9.97. The predicted octanol–water partition coefficient (Wildman–Crippen LogP) is 15.3. The van der Waals surface area contributed by atoms with Crippen molar-refractivity contribution in [3.05, 3.63) is 97.2 Å². The van der Waals surface area contributed by atoms with E-state index in [1.807, 2.05) is 6.08 Å². The van der Waals surface area contributed by atoms with Crippen LogP contribution in [0.5, 0.6) is 0 Å². The predicted molar refractivity (Wildman–Crippen MR) is 369 cm³/mol. The van der Waals surface area contributed by atoms with Gasteiger partial charge in [-0.25, -0.2) is 0 Å². The molecule has 0 saturated carbocycles. The van der Waals surface area contributed by atoms with Gasteiger partial charge in [0.1, 0.15) is 48.8 Å². The number of aliphatic hydroxyl groups is 8. The van der Waals surface area contributed by atoms with Crippen LogP contribution in [-0.2, 0) is 23.7 Å². The third kappa shape index (κ3) is 43.0.